The summed E-state index contributed by atoms with van der Waals surface area (Å²) >= 11 is 0. The minimum atomic E-state index is 0.683. The van der Waals surface area contributed by atoms with E-state index in [0.717, 1.165) is 0 Å². The molecule has 0 spiro atoms. The van der Waals surface area contributed by atoms with Gasteiger partial charge in [0.15, 0.2) is 5.82 Å². The lowest BCUT2D eigenvalue weighted by atomic mass is 10.5. The molecule has 1 aliphatic rings. The van der Waals surface area contributed by atoms with E-state index < -0.39 is 0 Å². The summed E-state index contributed by atoms with van der Waals surface area (Å²) < 4.78 is 1.66. The van der Waals surface area contributed by atoms with Gasteiger partial charge in [-0.1, -0.05) is 0 Å². The molecular weight excluding hydrogens is 176 g/mol. The van der Waals surface area contributed by atoms with Crippen molar-refractivity contribution in [3.05, 3.63) is 50.0 Å². The molecular formula is C10H10N4. The Morgan fingerprint density at radius 1 is 1.50 bits per heavy atom. The molecule has 0 bridgehead atoms. The number of hydrogen-bond donors (Lipinski definition) is 0. The third kappa shape index (κ3) is 1.42. The first-order valence-electron chi connectivity index (χ1n) is 4.14. The number of rotatable bonds is 0. The average molecular weight is 186 g/mol. The van der Waals surface area contributed by atoms with Crippen molar-refractivity contribution in [1.82, 2.24) is 9.88 Å². The van der Waals surface area contributed by atoms with Crippen molar-refractivity contribution in [1.29, 1.82) is 0 Å². The SMILES string of the molecule is C=[n+]1cccn/c1=C1\N=CC=CN1[CH2-]. The van der Waals surface area contributed by atoms with E-state index in [1.807, 2.05) is 24.5 Å². The van der Waals surface area contributed by atoms with Gasteiger partial charge < -0.3 is 4.90 Å². The van der Waals surface area contributed by atoms with Crippen LogP contribution < -0.4 is 9.72 Å². The molecule has 4 nitrogen and oxygen atoms in total. The Morgan fingerprint density at radius 2 is 2.36 bits per heavy atom. The van der Waals surface area contributed by atoms with Gasteiger partial charge in [-0.3, -0.25) is 0 Å². The van der Waals surface area contributed by atoms with Gasteiger partial charge in [0, 0.05) is 12.3 Å². The maximum Gasteiger partial charge on any atom is 0.367 e. The van der Waals surface area contributed by atoms with Gasteiger partial charge in [0.2, 0.25) is 0 Å². The topological polar surface area (TPSA) is 34.4 Å². The molecule has 0 aromatic carbocycles. The predicted molar refractivity (Wildman–Crippen MR) is 53.0 cm³/mol. The Hall–Kier alpha value is -1.97. The van der Waals surface area contributed by atoms with Crippen molar-refractivity contribution >= 4 is 12.0 Å². The van der Waals surface area contributed by atoms with Crippen LogP contribution in [-0.2, 0) is 0 Å². The third-order valence-corrected chi connectivity index (χ3v) is 1.84. The van der Waals surface area contributed by atoms with E-state index in [9.17, 15) is 0 Å². The zero-order valence-electron chi connectivity index (χ0n) is 7.67. The van der Waals surface area contributed by atoms with Crippen LogP contribution in [0.5, 0.6) is 0 Å². The van der Waals surface area contributed by atoms with Crippen molar-refractivity contribution in [2.45, 2.75) is 0 Å². The van der Waals surface area contributed by atoms with Crippen LogP contribution in [0.25, 0.3) is 5.82 Å². The third-order valence-electron chi connectivity index (χ3n) is 1.84. The first-order valence-corrected chi connectivity index (χ1v) is 4.14. The molecule has 0 saturated carbocycles. The van der Waals surface area contributed by atoms with Gasteiger partial charge >= 0.3 is 5.48 Å². The second-order valence-electron chi connectivity index (χ2n) is 2.83. The minimum Gasteiger partial charge on any atom is -0.481 e. The van der Waals surface area contributed by atoms with Gasteiger partial charge in [0.25, 0.3) is 0 Å². The first-order chi connectivity index (χ1) is 6.79. The monoisotopic (exact) mass is 186 g/mol. The van der Waals surface area contributed by atoms with Crippen LogP contribution in [0.1, 0.15) is 0 Å². The molecule has 0 aliphatic carbocycles. The fourth-order valence-electron chi connectivity index (χ4n) is 1.17. The fourth-order valence-corrected chi connectivity index (χ4v) is 1.17. The summed E-state index contributed by atoms with van der Waals surface area (Å²) in [5.74, 6) is 0.683. The van der Waals surface area contributed by atoms with Gasteiger partial charge in [0.05, 0.1) is 12.9 Å². The number of aromatic nitrogens is 2. The Bertz CT molecular complexity index is 501. The lowest BCUT2D eigenvalue weighted by molar-refractivity contribution is -0.519. The normalized spacial score (nSPS) is 18.8. The van der Waals surface area contributed by atoms with E-state index in [4.69, 9.17) is 0 Å². The van der Waals surface area contributed by atoms with Gasteiger partial charge in [0.1, 0.15) is 6.20 Å². The second kappa shape index (κ2) is 3.41. The Labute approximate surface area is 81.9 Å². The van der Waals surface area contributed by atoms with Crippen LogP contribution in [0, 0.1) is 13.8 Å². The molecule has 0 fully saturated rings. The van der Waals surface area contributed by atoms with Crippen LogP contribution >= 0.6 is 0 Å². The summed E-state index contributed by atoms with van der Waals surface area (Å²) in [7, 11) is 3.81. The maximum absolute atomic E-state index is 4.19. The van der Waals surface area contributed by atoms with E-state index in [0.29, 0.717) is 11.3 Å². The molecule has 70 valence electrons. The molecule has 14 heavy (non-hydrogen) atoms. The molecule has 4 heteroatoms. The molecule has 0 N–H and O–H groups in total. The number of nitrogens with zero attached hydrogens (tertiary/aromatic N) is 4. The smallest absolute Gasteiger partial charge is 0.367 e. The molecule has 0 amide bonds. The lowest BCUT2D eigenvalue weighted by Gasteiger charge is -2.22. The first kappa shape index (κ1) is 8.62. The highest BCUT2D eigenvalue weighted by atomic mass is 15.2. The van der Waals surface area contributed by atoms with Crippen molar-refractivity contribution in [3.8, 4) is 0 Å². The molecule has 2 rings (SSSR count). The zero-order valence-corrected chi connectivity index (χ0v) is 7.67. The highest BCUT2D eigenvalue weighted by Crippen LogP contribution is 2.06. The van der Waals surface area contributed by atoms with Crippen LogP contribution in [0.4, 0.5) is 0 Å². The molecule has 0 radical (unpaired) electrons. The zero-order chi connectivity index (χ0) is 9.97. The summed E-state index contributed by atoms with van der Waals surface area (Å²) in [4.78, 5) is 10.0. The molecule has 1 aromatic rings. The van der Waals surface area contributed by atoms with E-state index in [1.54, 1.807) is 21.6 Å². The van der Waals surface area contributed by atoms with Gasteiger partial charge in [-0.25, -0.2) is 16.3 Å². The summed E-state index contributed by atoms with van der Waals surface area (Å²) in [5.41, 5.74) is 0.683. The Balaban J connectivity index is 2.72. The van der Waals surface area contributed by atoms with Crippen LogP contribution in [0.2, 0.25) is 0 Å². The molecule has 1 aliphatic heterocycles. The maximum atomic E-state index is 4.19. The molecule has 0 atom stereocenters. The molecule has 2 heterocycles. The van der Waals surface area contributed by atoms with Crippen LogP contribution in [0.15, 0.2) is 35.7 Å². The summed E-state index contributed by atoms with van der Waals surface area (Å²) in [6.07, 6.45) is 8.85. The highest BCUT2D eigenvalue weighted by Gasteiger charge is 2.06. The molecule has 1 aromatic heterocycles. The van der Waals surface area contributed by atoms with E-state index >= 15 is 0 Å². The van der Waals surface area contributed by atoms with Crippen molar-refractivity contribution in [2.24, 2.45) is 4.99 Å². The van der Waals surface area contributed by atoms with E-state index in [2.05, 4.69) is 23.7 Å². The van der Waals surface area contributed by atoms with Crippen LogP contribution in [-0.4, -0.2) is 16.1 Å². The largest absolute Gasteiger partial charge is 0.481 e. The van der Waals surface area contributed by atoms with Crippen molar-refractivity contribution in [3.63, 3.8) is 0 Å². The summed E-state index contributed by atoms with van der Waals surface area (Å²) in [6, 6.07) is 1.81. The lowest BCUT2D eigenvalue weighted by Crippen LogP contribution is -2.41. The Kier molecular flexibility index (Phi) is 2.10. The predicted octanol–water partition coefficient (Wildman–Crippen LogP) is -0.234. The summed E-state index contributed by atoms with van der Waals surface area (Å²) in [6.45, 7) is 3.81. The van der Waals surface area contributed by atoms with Gasteiger partial charge in [-0.05, 0) is 17.3 Å². The van der Waals surface area contributed by atoms with E-state index in [1.165, 1.54) is 0 Å². The standard InChI is InChI=1S/C10H10N4/c1-13-7-3-5-11-9(13)10-12-6-4-8-14(10)2/h3-8H,1-2H2/b10-9-. The molecule has 0 unspecified atom stereocenters. The fraction of sp³-hybridized carbons (Fsp3) is 0. The molecule has 0 saturated heterocycles. The van der Waals surface area contributed by atoms with Gasteiger partial charge in [-0.15, -0.1) is 0 Å². The average Bonchev–Trinajstić information content (AvgIpc) is 2.20. The van der Waals surface area contributed by atoms with Crippen LogP contribution in [0.3, 0.4) is 0 Å². The number of hydrogen-bond acceptors (Lipinski definition) is 3. The number of aliphatic imine (C=N–C) groups is 1. The van der Waals surface area contributed by atoms with E-state index in [-0.39, 0.29) is 0 Å². The quantitative estimate of drug-likeness (QED) is 0.414. The Morgan fingerprint density at radius 3 is 3.07 bits per heavy atom. The summed E-state index contributed by atoms with van der Waals surface area (Å²) in [5, 5.41) is 0. The van der Waals surface area contributed by atoms with Gasteiger partial charge in [-0.2, -0.15) is 0 Å². The second-order valence-corrected chi connectivity index (χ2v) is 2.83. The van der Waals surface area contributed by atoms with Crippen molar-refractivity contribution in [2.75, 3.05) is 0 Å². The van der Waals surface area contributed by atoms with Crippen molar-refractivity contribution < 1.29 is 4.24 Å². The minimum absolute atomic E-state index is 0.683. The number of allylic oxidation sites excluding steroid dienone is 1. The highest BCUT2D eigenvalue weighted by molar-refractivity contribution is 5.77.